The number of H-pyrrole nitrogens is 1. The van der Waals surface area contributed by atoms with E-state index in [0.717, 1.165) is 12.8 Å². The Kier molecular flexibility index (Phi) is 2.98. The lowest BCUT2D eigenvalue weighted by atomic mass is 10.2. The van der Waals surface area contributed by atoms with Gasteiger partial charge < -0.3 is 14.8 Å². The van der Waals surface area contributed by atoms with Gasteiger partial charge in [-0.05, 0) is 25.0 Å². The number of carboxylic acids is 1. The molecule has 1 saturated carbocycles. The highest BCUT2D eigenvalue weighted by atomic mass is 16.5. The largest absolute Gasteiger partial charge is 0.478 e. The lowest BCUT2D eigenvalue weighted by molar-refractivity contribution is 0.0694. The maximum atomic E-state index is 11.6. The molecule has 6 heteroatoms. The lowest BCUT2D eigenvalue weighted by Crippen LogP contribution is -2.10. The second-order valence-corrected chi connectivity index (χ2v) is 4.65. The highest BCUT2D eigenvalue weighted by molar-refractivity contribution is 5.90. The normalized spacial score (nSPS) is 14.0. The van der Waals surface area contributed by atoms with Gasteiger partial charge in [-0.15, -0.1) is 0 Å². The Morgan fingerprint density at radius 3 is 2.80 bits per heavy atom. The highest BCUT2D eigenvalue weighted by Crippen LogP contribution is 2.38. The van der Waals surface area contributed by atoms with Gasteiger partial charge in [-0.3, -0.25) is 4.79 Å². The molecule has 0 unspecified atom stereocenters. The number of hydrogen-bond acceptors (Lipinski definition) is 4. The summed E-state index contributed by atoms with van der Waals surface area (Å²) in [5.74, 6) is 0.0679. The Morgan fingerprint density at radius 2 is 2.10 bits per heavy atom. The number of nitrogens with zero attached hydrogens (tertiary/aromatic N) is 1. The van der Waals surface area contributed by atoms with Gasteiger partial charge in [0.2, 0.25) is 5.88 Å². The molecule has 0 spiro atoms. The Hall–Kier alpha value is -2.63. The summed E-state index contributed by atoms with van der Waals surface area (Å²) < 4.78 is 5.46. The molecule has 1 fully saturated rings. The standard InChI is InChI=1S/C14H12N2O4/c17-11-7-12(16-13(15-11)8-5-6-8)20-10-4-2-1-3-9(10)14(18)19/h1-4,7-8H,5-6H2,(H,18,19)(H,15,16,17). The molecule has 20 heavy (non-hydrogen) atoms. The summed E-state index contributed by atoms with van der Waals surface area (Å²) >= 11 is 0. The van der Waals surface area contributed by atoms with Gasteiger partial charge in [0.1, 0.15) is 17.1 Å². The molecule has 2 aromatic rings. The number of benzene rings is 1. The SMILES string of the molecule is O=C(O)c1ccccc1Oc1cc(=O)[nH]c(C2CC2)n1. The maximum Gasteiger partial charge on any atom is 0.339 e. The summed E-state index contributed by atoms with van der Waals surface area (Å²) in [4.78, 5) is 29.5. The molecule has 0 atom stereocenters. The Bertz CT molecular complexity index is 719. The van der Waals surface area contributed by atoms with Crippen LogP contribution in [-0.2, 0) is 0 Å². The molecule has 102 valence electrons. The summed E-state index contributed by atoms with van der Waals surface area (Å²) in [6.45, 7) is 0. The van der Waals surface area contributed by atoms with E-state index in [2.05, 4.69) is 9.97 Å². The number of rotatable bonds is 4. The van der Waals surface area contributed by atoms with Crippen molar-refractivity contribution >= 4 is 5.97 Å². The van der Waals surface area contributed by atoms with Crippen molar-refractivity contribution in [1.82, 2.24) is 9.97 Å². The molecule has 6 nitrogen and oxygen atoms in total. The van der Waals surface area contributed by atoms with Crippen LogP contribution in [-0.4, -0.2) is 21.0 Å². The molecule has 1 aliphatic rings. The molecule has 0 radical (unpaired) electrons. The second-order valence-electron chi connectivity index (χ2n) is 4.65. The van der Waals surface area contributed by atoms with Crippen LogP contribution in [0, 0.1) is 0 Å². The van der Waals surface area contributed by atoms with Crippen LogP contribution in [0.15, 0.2) is 35.1 Å². The predicted octanol–water partition coefficient (Wildman–Crippen LogP) is 2.14. The number of hydrogen-bond donors (Lipinski definition) is 2. The zero-order valence-corrected chi connectivity index (χ0v) is 10.5. The Balaban J connectivity index is 1.95. The van der Waals surface area contributed by atoms with Gasteiger partial charge in [0.05, 0.1) is 6.07 Å². The maximum absolute atomic E-state index is 11.6. The summed E-state index contributed by atoms with van der Waals surface area (Å²) in [5, 5.41) is 9.08. The van der Waals surface area contributed by atoms with Crippen molar-refractivity contribution in [2.24, 2.45) is 0 Å². The molecule has 0 amide bonds. The number of nitrogens with one attached hydrogen (secondary N) is 1. The first kappa shape index (κ1) is 12.4. The average Bonchev–Trinajstić information content (AvgIpc) is 3.22. The van der Waals surface area contributed by atoms with E-state index in [9.17, 15) is 9.59 Å². The van der Waals surface area contributed by atoms with Gasteiger partial charge in [-0.1, -0.05) is 12.1 Å². The average molecular weight is 272 g/mol. The van der Waals surface area contributed by atoms with Crippen molar-refractivity contribution in [3.8, 4) is 11.6 Å². The number of ether oxygens (including phenoxy) is 1. The van der Waals surface area contributed by atoms with E-state index < -0.39 is 5.97 Å². The Morgan fingerprint density at radius 1 is 1.35 bits per heavy atom. The van der Waals surface area contributed by atoms with E-state index >= 15 is 0 Å². The fourth-order valence-corrected chi connectivity index (χ4v) is 1.90. The second kappa shape index (κ2) is 4.80. The van der Waals surface area contributed by atoms with Gasteiger partial charge >= 0.3 is 5.97 Å². The van der Waals surface area contributed by atoms with Crippen LogP contribution in [0.3, 0.4) is 0 Å². The van der Waals surface area contributed by atoms with Crippen molar-refractivity contribution < 1.29 is 14.6 Å². The third-order valence-electron chi connectivity index (χ3n) is 3.03. The quantitative estimate of drug-likeness (QED) is 0.889. The lowest BCUT2D eigenvalue weighted by Gasteiger charge is -2.08. The monoisotopic (exact) mass is 272 g/mol. The van der Waals surface area contributed by atoms with Gasteiger partial charge in [-0.25, -0.2) is 4.79 Å². The zero-order valence-electron chi connectivity index (χ0n) is 10.5. The number of para-hydroxylation sites is 1. The van der Waals surface area contributed by atoms with Crippen molar-refractivity contribution in [3.05, 3.63) is 52.1 Å². The van der Waals surface area contributed by atoms with E-state index in [0.29, 0.717) is 5.82 Å². The first-order chi connectivity index (χ1) is 9.63. The van der Waals surface area contributed by atoms with Crippen LogP contribution >= 0.6 is 0 Å². The Labute approximate surface area is 114 Å². The summed E-state index contributed by atoms with van der Waals surface area (Å²) in [5.41, 5.74) is -0.271. The van der Waals surface area contributed by atoms with Crippen molar-refractivity contribution in [2.75, 3.05) is 0 Å². The topological polar surface area (TPSA) is 92.3 Å². The molecule has 1 aromatic carbocycles. The van der Waals surface area contributed by atoms with Crippen molar-refractivity contribution in [3.63, 3.8) is 0 Å². The first-order valence-corrected chi connectivity index (χ1v) is 6.25. The van der Waals surface area contributed by atoms with E-state index in [1.807, 2.05) is 0 Å². The number of carboxylic acid groups (broad SMARTS) is 1. The fraction of sp³-hybridized carbons (Fsp3) is 0.214. The third-order valence-corrected chi connectivity index (χ3v) is 3.03. The van der Waals surface area contributed by atoms with E-state index in [4.69, 9.17) is 9.84 Å². The molecule has 1 aliphatic carbocycles. The van der Waals surface area contributed by atoms with Crippen LogP contribution in [0.1, 0.15) is 34.9 Å². The molecule has 0 saturated heterocycles. The van der Waals surface area contributed by atoms with Gasteiger partial charge in [0.15, 0.2) is 0 Å². The molecule has 3 rings (SSSR count). The zero-order chi connectivity index (χ0) is 14.1. The van der Waals surface area contributed by atoms with E-state index in [1.165, 1.54) is 18.2 Å². The smallest absolute Gasteiger partial charge is 0.339 e. The van der Waals surface area contributed by atoms with Crippen LogP contribution in [0.4, 0.5) is 0 Å². The summed E-state index contributed by atoms with van der Waals surface area (Å²) in [6, 6.07) is 7.45. The molecular weight excluding hydrogens is 260 g/mol. The molecule has 0 aliphatic heterocycles. The molecular formula is C14H12N2O4. The number of aromatic carboxylic acids is 1. The number of aromatic amines is 1. The molecule has 0 bridgehead atoms. The van der Waals surface area contributed by atoms with E-state index in [-0.39, 0.29) is 28.7 Å². The first-order valence-electron chi connectivity index (χ1n) is 6.25. The van der Waals surface area contributed by atoms with Crippen LogP contribution in [0.25, 0.3) is 0 Å². The predicted molar refractivity (Wildman–Crippen MR) is 70.3 cm³/mol. The fourth-order valence-electron chi connectivity index (χ4n) is 1.90. The van der Waals surface area contributed by atoms with Crippen LogP contribution in [0.5, 0.6) is 11.6 Å². The minimum absolute atomic E-state index is 0.0301. The molecule has 2 N–H and O–H groups in total. The minimum atomic E-state index is -1.09. The molecule has 1 heterocycles. The van der Waals surface area contributed by atoms with Crippen molar-refractivity contribution in [2.45, 2.75) is 18.8 Å². The van der Waals surface area contributed by atoms with Gasteiger partial charge in [-0.2, -0.15) is 4.98 Å². The van der Waals surface area contributed by atoms with Crippen LogP contribution in [0.2, 0.25) is 0 Å². The summed E-state index contributed by atoms with van der Waals surface area (Å²) in [7, 11) is 0. The number of aromatic nitrogens is 2. The number of carbonyl (C=O) groups is 1. The minimum Gasteiger partial charge on any atom is -0.478 e. The van der Waals surface area contributed by atoms with Gasteiger partial charge in [0, 0.05) is 5.92 Å². The summed E-state index contributed by atoms with van der Waals surface area (Å²) in [6.07, 6.45) is 2.00. The van der Waals surface area contributed by atoms with Crippen LogP contribution < -0.4 is 10.3 Å². The molecule has 1 aromatic heterocycles. The van der Waals surface area contributed by atoms with Crippen molar-refractivity contribution in [1.29, 1.82) is 0 Å². The van der Waals surface area contributed by atoms with E-state index in [1.54, 1.807) is 12.1 Å². The van der Waals surface area contributed by atoms with Gasteiger partial charge in [0.25, 0.3) is 5.56 Å². The third kappa shape index (κ3) is 2.54. The highest BCUT2D eigenvalue weighted by Gasteiger charge is 2.26.